The number of rotatable bonds is 2. The Kier molecular flexibility index (Phi) is 3.00. The zero-order valence-corrected chi connectivity index (χ0v) is 8.84. The van der Waals surface area contributed by atoms with E-state index in [1.165, 1.54) is 6.20 Å². The number of anilines is 1. The Labute approximate surface area is 94.7 Å². The van der Waals surface area contributed by atoms with Crippen LogP contribution in [0.25, 0.3) is 0 Å². The van der Waals surface area contributed by atoms with Gasteiger partial charge in [-0.2, -0.15) is 5.10 Å². The zero-order valence-electron chi connectivity index (χ0n) is 8.02. The molecule has 0 amide bonds. The molecule has 0 radical (unpaired) electrons. The molecule has 0 unspecified atom stereocenters. The second kappa shape index (κ2) is 4.44. The Morgan fingerprint density at radius 3 is 2.44 bits per heavy atom. The van der Waals surface area contributed by atoms with Gasteiger partial charge in [-0.05, 0) is 24.3 Å². The van der Waals surface area contributed by atoms with E-state index in [0.29, 0.717) is 5.03 Å². The summed E-state index contributed by atoms with van der Waals surface area (Å²) in [7, 11) is 0. The van der Waals surface area contributed by atoms with Crippen molar-refractivity contribution < 1.29 is 8.78 Å². The van der Waals surface area contributed by atoms with E-state index in [4.69, 9.17) is 5.73 Å². The predicted octanol–water partition coefficient (Wildman–Crippen LogP) is 2.49. The van der Waals surface area contributed by atoms with Crippen LogP contribution >= 0.6 is 11.8 Å². The van der Waals surface area contributed by atoms with Crippen LogP contribution in [0.5, 0.6) is 0 Å². The van der Waals surface area contributed by atoms with Crippen LogP contribution in [-0.4, -0.2) is 10.2 Å². The average molecular weight is 239 g/mol. The summed E-state index contributed by atoms with van der Waals surface area (Å²) in [5.74, 6) is -1.40. The molecule has 0 spiro atoms. The van der Waals surface area contributed by atoms with Gasteiger partial charge in [0.25, 0.3) is 0 Å². The maximum Gasteiger partial charge on any atom is 0.142 e. The van der Waals surface area contributed by atoms with Crippen molar-refractivity contribution in [3.63, 3.8) is 0 Å². The molecule has 2 rings (SSSR count). The number of hydrogen-bond donors (Lipinski definition) is 1. The van der Waals surface area contributed by atoms with Crippen molar-refractivity contribution in [3.8, 4) is 0 Å². The SMILES string of the molecule is Nc1cc(F)c(Sc2cccnn2)c(F)c1. The number of hydrogen-bond acceptors (Lipinski definition) is 4. The van der Waals surface area contributed by atoms with E-state index in [-0.39, 0.29) is 10.6 Å². The van der Waals surface area contributed by atoms with Crippen molar-refractivity contribution in [2.45, 2.75) is 9.92 Å². The lowest BCUT2D eigenvalue weighted by atomic mass is 10.3. The third kappa shape index (κ3) is 2.27. The van der Waals surface area contributed by atoms with Crippen molar-refractivity contribution >= 4 is 17.4 Å². The van der Waals surface area contributed by atoms with Gasteiger partial charge in [-0.1, -0.05) is 11.8 Å². The Hall–Kier alpha value is -1.69. The maximum absolute atomic E-state index is 13.4. The first-order chi connectivity index (χ1) is 7.66. The maximum atomic E-state index is 13.4. The average Bonchev–Trinajstić information content (AvgIpc) is 2.25. The third-order valence-corrected chi connectivity index (χ3v) is 2.80. The van der Waals surface area contributed by atoms with Crippen LogP contribution in [0, 0.1) is 11.6 Å². The minimum absolute atomic E-state index is 0.0542. The Morgan fingerprint density at radius 1 is 1.19 bits per heavy atom. The monoisotopic (exact) mass is 239 g/mol. The fraction of sp³-hybridized carbons (Fsp3) is 0. The van der Waals surface area contributed by atoms with Gasteiger partial charge in [-0.15, -0.1) is 5.10 Å². The molecule has 3 nitrogen and oxygen atoms in total. The molecule has 0 saturated carbocycles. The number of aromatic nitrogens is 2. The van der Waals surface area contributed by atoms with Crippen molar-refractivity contribution in [3.05, 3.63) is 42.1 Å². The normalized spacial score (nSPS) is 10.4. The molecular weight excluding hydrogens is 232 g/mol. The van der Waals surface area contributed by atoms with Crippen LogP contribution in [0.3, 0.4) is 0 Å². The minimum Gasteiger partial charge on any atom is -0.399 e. The highest BCUT2D eigenvalue weighted by molar-refractivity contribution is 7.99. The van der Waals surface area contributed by atoms with Crippen LogP contribution in [0.2, 0.25) is 0 Å². The predicted molar refractivity (Wildman–Crippen MR) is 56.9 cm³/mol. The molecule has 0 saturated heterocycles. The molecule has 6 heteroatoms. The number of halogens is 2. The van der Waals surface area contributed by atoms with Gasteiger partial charge in [-0.3, -0.25) is 0 Å². The second-order valence-electron chi connectivity index (χ2n) is 2.98. The lowest BCUT2D eigenvalue weighted by molar-refractivity contribution is 0.541. The minimum atomic E-state index is -0.701. The highest BCUT2D eigenvalue weighted by Crippen LogP contribution is 2.31. The van der Waals surface area contributed by atoms with E-state index >= 15 is 0 Å². The Bertz CT molecular complexity index is 482. The highest BCUT2D eigenvalue weighted by Gasteiger charge is 2.12. The summed E-state index contributed by atoms with van der Waals surface area (Å²) in [4.78, 5) is -0.130. The first-order valence-corrected chi connectivity index (χ1v) is 5.18. The molecule has 16 heavy (non-hydrogen) atoms. The summed E-state index contributed by atoms with van der Waals surface area (Å²) in [5, 5.41) is 7.77. The number of nitrogens with zero attached hydrogens (tertiary/aromatic N) is 2. The van der Waals surface area contributed by atoms with Crippen LogP contribution in [0.1, 0.15) is 0 Å². The van der Waals surface area contributed by atoms with E-state index in [0.717, 1.165) is 23.9 Å². The van der Waals surface area contributed by atoms with Crippen LogP contribution in [-0.2, 0) is 0 Å². The Morgan fingerprint density at radius 2 is 1.88 bits per heavy atom. The summed E-state index contributed by atoms with van der Waals surface area (Å²) < 4.78 is 26.8. The summed E-state index contributed by atoms with van der Waals surface area (Å²) in [6, 6.07) is 5.40. The van der Waals surface area contributed by atoms with Crippen molar-refractivity contribution in [2.75, 3.05) is 5.73 Å². The molecular formula is C10H7F2N3S. The van der Waals surface area contributed by atoms with Gasteiger partial charge >= 0.3 is 0 Å². The van der Waals surface area contributed by atoms with Gasteiger partial charge in [0, 0.05) is 11.9 Å². The van der Waals surface area contributed by atoms with Crippen LogP contribution in [0.15, 0.2) is 40.4 Å². The fourth-order valence-corrected chi connectivity index (χ4v) is 1.88. The highest BCUT2D eigenvalue weighted by atomic mass is 32.2. The topological polar surface area (TPSA) is 51.8 Å². The molecule has 0 aliphatic rings. The van der Waals surface area contributed by atoms with Gasteiger partial charge in [-0.25, -0.2) is 8.78 Å². The number of nitrogen functional groups attached to an aromatic ring is 1. The molecule has 0 atom stereocenters. The lowest BCUT2D eigenvalue weighted by Gasteiger charge is -2.04. The molecule has 1 aromatic carbocycles. The molecule has 0 aliphatic carbocycles. The lowest BCUT2D eigenvalue weighted by Crippen LogP contribution is -1.93. The standard InChI is InChI=1S/C10H7F2N3S/c11-7-4-6(13)5-8(12)10(7)16-9-2-1-3-14-15-9/h1-5H,13H2. The first-order valence-electron chi connectivity index (χ1n) is 4.37. The number of nitrogens with two attached hydrogens (primary N) is 1. The first kappa shape index (κ1) is 10.8. The van der Waals surface area contributed by atoms with E-state index < -0.39 is 11.6 Å². The molecule has 2 N–H and O–H groups in total. The van der Waals surface area contributed by atoms with Crippen LogP contribution in [0.4, 0.5) is 14.5 Å². The molecule has 0 bridgehead atoms. The summed E-state index contributed by atoms with van der Waals surface area (Å²) >= 11 is 0.870. The molecule has 0 fully saturated rings. The van der Waals surface area contributed by atoms with E-state index in [1.54, 1.807) is 12.1 Å². The fourth-order valence-electron chi connectivity index (χ4n) is 1.12. The molecule has 1 heterocycles. The third-order valence-electron chi connectivity index (χ3n) is 1.78. The largest absolute Gasteiger partial charge is 0.399 e. The summed E-state index contributed by atoms with van der Waals surface area (Å²) in [6.07, 6.45) is 1.49. The smallest absolute Gasteiger partial charge is 0.142 e. The van der Waals surface area contributed by atoms with Gasteiger partial charge in [0.1, 0.15) is 16.7 Å². The quantitative estimate of drug-likeness (QED) is 0.818. The van der Waals surface area contributed by atoms with E-state index in [1.807, 2.05) is 0 Å². The van der Waals surface area contributed by atoms with E-state index in [2.05, 4.69) is 10.2 Å². The zero-order chi connectivity index (χ0) is 11.5. The van der Waals surface area contributed by atoms with Gasteiger partial charge < -0.3 is 5.73 Å². The van der Waals surface area contributed by atoms with Gasteiger partial charge in [0.2, 0.25) is 0 Å². The second-order valence-corrected chi connectivity index (χ2v) is 4.01. The molecule has 82 valence electrons. The Balaban J connectivity index is 2.35. The van der Waals surface area contributed by atoms with Crippen molar-refractivity contribution in [1.29, 1.82) is 0 Å². The van der Waals surface area contributed by atoms with Gasteiger partial charge in [0.05, 0.1) is 4.90 Å². The van der Waals surface area contributed by atoms with Crippen molar-refractivity contribution in [2.24, 2.45) is 0 Å². The number of benzene rings is 1. The summed E-state index contributed by atoms with van der Waals surface area (Å²) in [5.41, 5.74) is 5.36. The molecule has 0 aliphatic heterocycles. The van der Waals surface area contributed by atoms with E-state index in [9.17, 15) is 8.78 Å². The molecule has 2 aromatic rings. The van der Waals surface area contributed by atoms with Crippen LogP contribution < -0.4 is 5.73 Å². The van der Waals surface area contributed by atoms with Crippen molar-refractivity contribution in [1.82, 2.24) is 10.2 Å². The van der Waals surface area contributed by atoms with Gasteiger partial charge in [0.15, 0.2) is 0 Å². The molecule has 1 aromatic heterocycles. The summed E-state index contributed by atoms with van der Waals surface area (Å²) in [6.45, 7) is 0.